The van der Waals surface area contributed by atoms with Gasteiger partial charge in [-0.1, -0.05) is 6.92 Å². The Balaban J connectivity index is 3.77. The Kier molecular flexibility index (Phi) is 5.46. The Bertz CT molecular complexity index is 159. The van der Waals surface area contributed by atoms with E-state index in [2.05, 4.69) is 10.6 Å². The number of amides is 2. The van der Waals surface area contributed by atoms with E-state index >= 15 is 0 Å². The fourth-order valence-corrected chi connectivity index (χ4v) is 0.857. The van der Waals surface area contributed by atoms with E-state index in [0.717, 1.165) is 0 Å². The summed E-state index contributed by atoms with van der Waals surface area (Å²) >= 11 is 0. The fourth-order valence-electron chi connectivity index (χ4n) is 0.857. The summed E-state index contributed by atoms with van der Waals surface area (Å²) in [4.78, 5) is 11.2. The molecule has 0 aromatic rings. The van der Waals surface area contributed by atoms with Crippen molar-refractivity contribution in [2.45, 2.75) is 39.8 Å². The van der Waals surface area contributed by atoms with Crippen molar-refractivity contribution in [3.8, 4) is 0 Å². The largest absolute Gasteiger partial charge is 0.336 e. The first-order valence-electron chi connectivity index (χ1n) is 4.74. The van der Waals surface area contributed by atoms with Gasteiger partial charge in [0.25, 0.3) is 0 Å². The van der Waals surface area contributed by atoms with Gasteiger partial charge in [-0.3, -0.25) is 0 Å². The second-order valence-corrected chi connectivity index (χ2v) is 3.77. The molecule has 2 unspecified atom stereocenters. The first-order valence-corrected chi connectivity index (χ1v) is 4.74. The fraction of sp³-hybridized carbons (Fsp3) is 0.889. The molecule has 4 heteroatoms. The second-order valence-electron chi connectivity index (χ2n) is 3.77. The summed E-state index contributed by atoms with van der Waals surface area (Å²) in [6, 6.07) is 0.159. The number of hydrogen-bond donors (Lipinski definition) is 3. The van der Waals surface area contributed by atoms with E-state index < -0.39 is 0 Å². The van der Waals surface area contributed by atoms with Crippen LogP contribution in [0.25, 0.3) is 0 Å². The van der Waals surface area contributed by atoms with Crippen LogP contribution in [0.4, 0.5) is 4.79 Å². The van der Waals surface area contributed by atoms with E-state index in [-0.39, 0.29) is 18.1 Å². The third-order valence-electron chi connectivity index (χ3n) is 2.00. The SMILES string of the molecule is CC(C)NC(=O)NC(C)C(C)CN. The third-order valence-corrected chi connectivity index (χ3v) is 2.00. The molecule has 0 fully saturated rings. The molecule has 2 atom stereocenters. The normalized spacial score (nSPS) is 15.2. The van der Waals surface area contributed by atoms with Crippen LogP contribution in [0.15, 0.2) is 0 Å². The number of carbonyl (C=O) groups is 1. The first-order chi connectivity index (χ1) is 5.97. The van der Waals surface area contributed by atoms with E-state index in [1.165, 1.54) is 0 Å². The number of nitrogens with two attached hydrogens (primary N) is 1. The van der Waals surface area contributed by atoms with Crippen LogP contribution in [0.1, 0.15) is 27.7 Å². The maximum Gasteiger partial charge on any atom is 0.315 e. The van der Waals surface area contributed by atoms with E-state index in [0.29, 0.717) is 12.5 Å². The molecule has 78 valence electrons. The van der Waals surface area contributed by atoms with Crippen molar-refractivity contribution in [2.24, 2.45) is 11.7 Å². The number of nitrogens with one attached hydrogen (secondary N) is 2. The van der Waals surface area contributed by atoms with Gasteiger partial charge in [0.15, 0.2) is 0 Å². The van der Waals surface area contributed by atoms with Crippen LogP contribution in [0.5, 0.6) is 0 Å². The minimum absolute atomic E-state index is 0.115. The highest BCUT2D eigenvalue weighted by Gasteiger charge is 2.13. The van der Waals surface area contributed by atoms with Gasteiger partial charge >= 0.3 is 6.03 Å². The molecule has 4 N–H and O–H groups in total. The smallest absolute Gasteiger partial charge is 0.315 e. The lowest BCUT2D eigenvalue weighted by Crippen LogP contribution is -2.46. The molecule has 0 aliphatic carbocycles. The highest BCUT2D eigenvalue weighted by Crippen LogP contribution is 1.98. The van der Waals surface area contributed by atoms with Crippen LogP contribution in [-0.4, -0.2) is 24.7 Å². The van der Waals surface area contributed by atoms with Gasteiger partial charge in [-0.05, 0) is 33.2 Å². The Hall–Kier alpha value is -0.770. The lowest BCUT2D eigenvalue weighted by Gasteiger charge is -2.20. The van der Waals surface area contributed by atoms with E-state index in [4.69, 9.17) is 5.73 Å². The first kappa shape index (κ1) is 12.2. The maximum atomic E-state index is 11.2. The lowest BCUT2D eigenvalue weighted by atomic mass is 10.0. The standard InChI is InChI=1S/C9H21N3O/c1-6(2)11-9(13)12-8(4)7(3)5-10/h6-8H,5,10H2,1-4H3,(H2,11,12,13). The molecule has 0 radical (unpaired) electrons. The zero-order valence-corrected chi connectivity index (χ0v) is 8.92. The van der Waals surface area contributed by atoms with Crippen molar-refractivity contribution in [2.75, 3.05) is 6.54 Å². The van der Waals surface area contributed by atoms with Gasteiger partial charge in [0.2, 0.25) is 0 Å². The molecule has 2 amide bonds. The van der Waals surface area contributed by atoms with Crippen molar-refractivity contribution in [3.05, 3.63) is 0 Å². The molecule has 0 spiro atoms. The van der Waals surface area contributed by atoms with Crippen molar-refractivity contribution in [1.82, 2.24) is 10.6 Å². The predicted octanol–water partition coefficient (Wildman–Crippen LogP) is 0.677. The summed E-state index contributed by atoms with van der Waals surface area (Å²) in [6.07, 6.45) is 0. The molecule has 4 nitrogen and oxygen atoms in total. The molecule has 0 aliphatic rings. The molecule has 0 heterocycles. The molecular weight excluding hydrogens is 166 g/mol. The van der Waals surface area contributed by atoms with Gasteiger partial charge in [-0.2, -0.15) is 0 Å². The molecular formula is C9H21N3O. The molecule has 0 saturated carbocycles. The second kappa shape index (κ2) is 5.80. The minimum Gasteiger partial charge on any atom is -0.336 e. The average Bonchev–Trinajstić information content (AvgIpc) is 2.01. The summed E-state index contributed by atoms with van der Waals surface area (Å²) in [6.45, 7) is 8.41. The van der Waals surface area contributed by atoms with Gasteiger partial charge in [0.05, 0.1) is 0 Å². The van der Waals surface area contributed by atoms with Crippen molar-refractivity contribution < 1.29 is 4.79 Å². The summed E-state index contributed by atoms with van der Waals surface area (Å²) in [7, 11) is 0. The molecule has 0 saturated heterocycles. The van der Waals surface area contributed by atoms with Crippen molar-refractivity contribution in [1.29, 1.82) is 0 Å². The topological polar surface area (TPSA) is 67.2 Å². The summed E-state index contributed by atoms with van der Waals surface area (Å²) in [5, 5.41) is 5.59. The number of hydrogen-bond acceptors (Lipinski definition) is 2. The summed E-state index contributed by atoms with van der Waals surface area (Å²) in [5.41, 5.74) is 5.48. The van der Waals surface area contributed by atoms with Crippen molar-refractivity contribution in [3.63, 3.8) is 0 Å². The van der Waals surface area contributed by atoms with Crippen LogP contribution in [0.3, 0.4) is 0 Å². The van der Waals surface area contributed by atoms with Gasteiger partial charge in [0, 0.05) is 12.1 Å². The Morgan fingerprint density at radius 1 is 1.23 bits per heavy atom. The minimum atomic E-state index is -0.122. The lowest BCUT2D eigenvalue weighted by molar-refractivity contribution is 0.231. The zero-order valence-electron chi connectivity index (χ0n) is 8.92. The Labute approximate surface area is 80.3 Å². The molecule has 0 bridgehead atoms. The van der Waals surface area contributed by atoms with Crippen LogP contribution in [0, 0.1) is 5.92 Å². The number of carbonyl (C=O) groups excluding carboxylic acids is 1. The van der Waals surface area contributed by atoms with Gasteiger partial charge in [-0.25, -0.2) is 4.79 Å². The van der Waals surface area contributed by atoms with Crippen LogP contribution in [0.2, 0.25) is 0 Å². The van der Waals surface area contributed by atoms with Gasteiger partial charge < -0.3 is 16.4 Å². The van der Waals surface area contributed by atoms with Gasteiger partial charge in [0.1, 0.15) is 0 Å². The van der Waals surface area contributed by atoms with Crippen molar-refractivity contribution >= 4 is 6.03 Å². The number of urea groups is 1. The number of rotatable bonds is 4. The van der Waals surface area contributed by atoms with Gasteiger partial charge in [-0.15, -0.1) is 0 Å². The van der Waals surface area contributed by atoms with E-state index in [1.807, 2.05) is 27.7 Å². The predicted molar refractivity (Wildman–Crippen MR) is 54.5 cm³/mol. The molecule has 0 rings (SSSR count). The quantitative estimate of drug-likeness (QED) is 0.606. The molecule has 13 heavy (non-hydrogen) atoms. The summed E-state index contributed by atoms with van der Waals surface area (Å²) in [5.74, 6) is 0.304. The molecule has 0 aromatic heterocycles. The monoisotopic (exact) mass is 187 g/mol. The van der Waals surface area contributed by atoms with Crippen LogP contribution >= 0.6 is 0 Å². The Morgan fingerprint density at radius 3 is 2.15 bits per heavy atom. The molecule has 0 aromatic carbocycles. The highest BCUT2D eigenvalue weighted by atomic mass is 16.2. The van der Waals surface area contributed by atoms with E-state index in [9.17, 15) is 4.79 Å². The van der Waals surface area contributed by atoms with Crippen LogP contribution < -0.4 is 16.4 Å². The van der Waals surface area contributed by atoms with E-state index in [1.54, 1.807) is 0 Å². The highest BCUT2D eigenvalue weighted by molar-refractivity contribution is 5.74. The third kappa shape index (κ3) is 5.47. The summed E-state index contributed by atoms with van der Waals surface area (Å²) < 4.78 is 0. The zero-order chi connectivity index (χ0) is 10.4. The Morgan fingerprint density at radius 2 is 1.77 bits per heavy atom. The molecule has 0 aliphatic heterocycles. The maximum absolute atomic E-state index is 11.2. The average molecular weight is 187 g/mol. The van der Waals surface area contributed by atoms with Crippen LogP contribution in [-0.2, 0) is 0 Å².